The van der Waals surface area contributed by atoms with Crippen molar-refractivity contribution in [2.24, 2.45) is 23.7 Å². The summed E-state index contributed by atoms with van der Waals surface area (Å²) in [6.07, 6.45) is 10.4. The molecule has 0 spiro atoms. The number of rotatable bonds is 1. The molecule has 3 nitrogen and oxygen atoms in total. The van der Waals surface area contributed by atoms with Crippen LogP contribution in [0.4, 0.5) is 5.69 Å². The van der Waals surface area contributed by atoms with Gasteiger partial charge in [-0.15, -0.1) is 0 Å². The van der Waals surface area contributed by atoms with Crippen LogP contribution in [0.15, 0.2) is 41.5 Å². The third kappa shape index (κ3) is 2.13. The lowest BCUT2D eigenvalue weighted by molar-refractivity contribution is -0.122. The number of allylic oxidation sites excluding steroid dienone is 4. The standard InChI is InChI=1S/C22H22ClNO2/c1-12-7-8-14(11-17(12)23)24-21(25)19-15-9-10-16(20(19)22(24)26)18(15)13-5-3-2-4-6-13/h7-11,15-16,19-20H,2-6H2,1H3/t15-,16-,19+,20+/m1/s1. The van der Waals surface area contributed by atoms with Gasteiger partial charge >= 0.3 is 0 Å². The maximum atomic E-state index is 13.2. The van der Waals surface area contributed by atoms with E-state index in [4.69, 9.17) is 11.6 Å². The van der Waals surface area contributed by atoms with Crippen LogP contribution in [0.2, 0.25) is 5.02 Å². The number of anilines is 1. The van der Waals surface area contributed by atoms with E-state index < -0.39 is 0 Å². The summed E-state index contributed by atoms with van der Waals surface area (Å²) in [5.74, 6) is -0.290. The summed E-state index contributed by atoms with van der Waals surface area (Å²) >= 11 is 6.23. The third-order valence-corrected chi connectivity index (χ3v) is 7.10. The Hall–Kier alpha value is -1.87. The van der Waals surface area contributed by atoms with Crippen LogP contribution >= 0.6 is 11.6 Å². The van der Waals surface area contributed by atoms with Crippen LogP contribution in [-0.4, -0.2) is 11.8 Å². The zero-order chi connectivity index (χ0) is 18.0. The van der Waals surface area contributed by atoms with Crippen molar-refractivity contribution < 1.29 is 9.59 Å². The molecule has 1 heterocycles. The van der Waals surface area contributed by atoms with Gasteiger partial charge in [0.25, 0.3) is 0 Å². The van der Waals surface area contributed by atoms with Crippen LogP contribution in [0.5, 0.6) is 0 Å². The summed E-state index contributed by atoms with van der Waals surface area (Å²) in [4.78, 5) is 27.8. The minimum Gasteiger partial charge on any atom is -0.274 e. The van der Waals surface area contributed by atoms with E-state index in [0.717, 1.165) is 18.4 Å². The number of fused-ring (bicyclic) bond motifs is 5. The fourth-order valence-electron chi connectivity index (χ4n) is 5.48. The van der Waals surface area contributed by atoms with Crippen LogP contribution in [0.25, 0.3) is 0 Å². The molecule has 2 amide bonds. The third-order valence-electron chi connectivity index (χ3n) is 6.69. The predicted octanol–water partition coefficient (Wildman–Crippen LogP) is 4.83. The number of imide groups is 1. The molecular weight excluding hydrogens is 346 g/mol. The molecule has 0 radical (unpaired) electrons. The molecule has 0 aromatic heterocycles. The van der Waals surface area contributed by atoms with Gasteiger partial charge in [-0.25, -0.2) is 4.90 Å². The smallest absolute Gasteiger partial charge is 0.238 e. The molecule has 1 saturated heterocycles. The van der Waals surface area contributed by atoms with Crippen molar-refractivity contribution in [2.45, 2.75) is 39.0 Å². The van der Waals surface area contributed by atoms with Gasteiger partial charge in [0.1, 0.15) is 0 Å². The van der Waals surface area contributed by atoms with Crippen molar-refractivity contribution in [1.82, 2.24) is 0 Å². The average molecular weight is 368 g/mol. The van der Waals surface area contributed by atoms with E-state index in [1.54, 1.807) is 6.07 Å². The Kier molecular flexibility index (Phi) is 3.65. The molecule has 2 saturated carbocycles. The molecule has 3 fully saturated rings. The summed E-state index contributed by atoms with van der Waals surface area (Å²) in [6, 6.07) is 5.44. The number of hydrogen-bond acceptors (Lipinski definition) is 2. The first-order valence-electron chi connectivity index (χ1n) is 9.62. The van der Waals surface area contributed by atoms with Crippen molar-refractivity contribution in [3.63, 3.8) is 0 Å². The van der Waals surface area contributed by atoms with Crippen LogP contribution in [0.1, 0.15) is 37.7 Å². The minimum atomic E-state index is -0.220. The summed E-state index contributed by atoms with van der Waals surface area (Å²) in [5, 5.41) is 0.589. The summed E-state index contributed by atoms with van der Waals surface area (Å²) in [7, 11) is 0. The molecule has 1 aromatic carbocycles. The zero-order valence-electron chi connectivity index (χ0n) is 14.9. The van der Waals surface area contributed by atoms with Gasteiger partial charge in [-0.1, -0.05) is 47.4 Å². The number of carbonyl (C=O) groups excluding carboxylic acids is 2. The maximum Gasteiger partial charge on any atom is 0.238 e. The fourth-order valence-corrected chi connectivity index (χ4v) is 5.65. The van der Waals surface area contributed by atoms with E-state index >= 15 is 0 Å². The molecule has 0 unspecified atom stereocenters. The van der Waals surface area contributed by atoms with E-state index in [-0.39, 0.29) is 35.5 Å². The van der Waals surface area contributed by atoms with E-state index in [2.05, 4.69) is 12.2 Å². The first kappa shape index (κ1) is 16.3. The van der Waals surface area contributed by atoms with Gasteiger partial charge in [0.05, 0.1) is 17.5 Å². The minimum absolute atomic E-state index is 0.0503. The SMILES string of the molecule is Cc1ccc(N2C(=O)[C@@H]3[C@@H](C2=O)[C@@H]2C=C[C@@H]3C2=C2CCCCC2)cc1Cl. The van der Waals surface area contributed by atoms with Gasteiger partial charge in [0, 0.05) is 16.9 Å². The Bertz CT molecular complexity index is 842. The molecule has 1 aromatic rings. The van der Waals surface area contributed by atoms with E-state index in [0.29, 0.717) is 10.7 Å². The fraction of sp³-hybridized carbons (Fsp3) is 0.455. The van der Waals surface area contributed by atoms with Gasteiger partial charge in [0.15, 0.2) is 0 Å². The molecular formula is C22H22ClNO2. The summed E-state index contributed by atoms with van der Waals surface area (Å²) < 4.78 is 0. The second kappa shape index (κ2) is 5.82. The topological polar surface area (TPSA) is 37.4 Å². The van der Waals surface area contributed by atoms with Gasteiger partial charge in [-0.05, 0) is 50.3 Å². The van der Waals surface area contributed by atoms with E-state index in [1.165, 1.54) is 35.3 Å². The molecule has 4 heteroatoms. The lowest BCUT2D eigenvalue weighted by Gasteiger charge is -2.23. The van der Waals surface area contributed by atoms with Gasteiger partial charge in [-0.2, -0.15) is 0 Å². The van der Waals surface area contributed by atoms with Crippen molar-refractivity contribution in [2.75, 3.05) is 4.90 Å². The molecule has 134 valence electrons. The van der Waals surface area contributed by atoms with Gasteiger partial charge in [0.2, 0.25) is 11.8 Å². The molecule has 3 aliphatic carbocycles. The molecule has 4 aliphatic rings. The molecule has 0 N–H and O–H groups in total. The number of benzene rings is 1. The maximum absolute atomic E-state index is 13.2. The Morgan fingerprint density at radius 2 is 1.58 bits per heavy atom. The van der Waals surface area contributed by atoms with Gasteiger partial charge < -0.3 is 0 Å². The largest absolute Gasteiger partial charge is 0.274 e. The summed E-state index contributed by atoms with van der Waals surface area (Å²) in [6.45, 7) is 1.92. The second-order valence-electron chi connectivity index (χ2n) is 8.05. The highest BCUT2D eigenvalue weighted by Crippen LogP contribution is 2.58. The Balaban J connectivity index is 1.53. The highest BCUT2D eigenvalue weighted by atomic mass is 35.5. The lowest BCUT2D eigenvalue weighted by Crippen LogP contribution is -2.33. The van der Waals surface area contributed by atoms with E-state index in [9.17, 15) is 9.59 Å². The molecule has 2 bridgehead atoms. The lowest BCUT2D eigenvalue weighted by atomic mass is 9.85. The van der Waals surface area contributed by atoms with Crippen molar-refractivity contribution in [3.8, 4) is 0 Å². The number of amides is 2. The van der Waals surface area contributed by atoms with Crippen LogP contribution < -0.4 is 4.90 Å². The second-order valence-corrected chi connectivity index (χ2v) is 8.46. The number of halogens is 1. The Morgan fingerprint density at radius 1 is 0.962 bits per heavy atom. The molecule has 5 rings (SSSR count). The number of carbonyl (C=O) groups is 2. The Labute approximate surface area is 158 Å². The summed E-state index contributed by atoms with van der Waals surface area (Å²) in [5.41, 5.74) is 4.48. The predicted molar refractivity (Wildman–Crippen MR) is 102 cm³/mol. The van der Waals surface area contributed by atoms with Crippen molar-refractivity contribution >= 4 is 29.1 Å². The highest BCUT2D eigenvalue weighted by Gasteiger charge is 2.62. The normalized spacial score (nSPS) is 32.8. The van der Waals surface area contributed by atoms with Gasteiger partial charge in [-0.3, -0.25) is 9.59 Å². The Morgan fingerprint density at radius 3 is 2.15 bits per heavy atom. The first-order valence-corrected chi connectivity index (χ1v) is 10.00. The molecule has 4 atom stereocenters. The quantitative estimate of drug-likeness (QED) is 0.526. The number of aryl methyl sites for hydroxylation is 1. The van der Waals surface area contributed by atoms with E-state index in [1.807, 2.05) is 19.1 Å². The van der Waals surface area contributed by atoms with Crippen molar-refractivity contribution in [3.05, 3.63) is 52.1 Å². The van der Waals surface area contributed by atoms with Crippen LogP contribution in [-0.2, 0) is 9.59 Å². The van der Waals surface area contributed by atoms with Crippen LogP contribution in [0, 0.1) is 30.6 Å². The first-order chi connectivity index (χ1) is 12.6. The molecule has 26 heavy (non-hydrogen) atoms. The zero-order valence-corrected chi connectivity index (χ0v) is 15.6. The number of nitrogens with zero attached hydrogens (tertiary/aromatic N) is 1. The highest BCUT2D eigenvalue weighted by molar-refractivity contribution is 6.32. The molecule has 1 aliphatic heterocycles. The monoisotopic (exact) mass is 367 g/mol. The van der Waals surface area contributed by atoms with Crippen LogP contribution in [0.3, 0.4) is 0 Å². The van der Waals surface area contributed by atoms with Crippen molar-refractivity contribution in [1.29, 1.82) is 0 Å². The number of hydrogen-bond donors (Lipinski definition) is 0. The average Bonchev–Trinajstić information content (AvgIpc) is 3.28.